The van der Waals surface area contributed by atoms with Gasteiger partial charge < -0.3 is 10.1 Å². The Balaban J connectivity index is 1.88. The molecule has 4 nitrogen and oxygen atoms in total. The van der Waals surface area contributed by atoms with Crippen LogP contribution in [-0.2, 0) is 4.79 Å². The van der Waals surface area contributed by atoms with Gasteiger partial charge in [0.1, 0.15) is 12.4 Å². The summed E-state index contributed by atoms with van der Waals surface area (Å²) in [5, 5.41) is 2.27. The summed E-state index contributed by atoms with van der Waals surface area (Å²) in [6.07, 6.45) is 0.818. The number of nitrogens with one attached hydrogen (secondary N) is 1. The number of halogens is 3. The number of amides is 1. The number of nitrogens with zero attached hydrogens (tertiary/aromatic N) is 1. The number of para-hydroxylation sites is 1. The lowest BCUT2D eigenvalue weighted by Gasteiger charge is -2.21. The number of ether oxygens (including phenoxy) is 1. The van der Waals surface area contributed by atoms with E-state index in [1.165, 1.54) is 0 Å². The average molecular weight is 366 g/mol. The van der Waals surface area contributed by atoms with Crippen molar-refractivity contribution in [2.75, 3.05) is 31.6 Å². The van der Waals surface area contributed by atoms with E-state index in [9.17, 15) is 18.0 Å². The van der Waals surface area contributed by atoms with Gasteiger partial charge in [-0.1, -0.05) is 25.1 Å². The van der Waals surface area contributed by atoms with Crippen molar-refractivity contribution in [1.29, 1.82) is 0 Å². The number of hydrogen-bond acceptors (Lipinski definition) is 3. The summed E-state index contributed by atoms with van der Waals surface area (Å²) >= 11 is 0. The zero-order chi connectivity index (χ0) is 18.9. The lowest BCUT2D eigenvalue weighted by molar-refractivity contribution is -0.117. The molecule has 0 spiro atoms. The molecule has 0 saturated carbocycles. The predicted octanol–water partition coefficient (Wildman–Crippen LogP) is 3.83. The fourth-order valence-corrected chi connectivity index (χ4v) is 2.41. The van der Waals surface area contributed by atoms with E-state index in [2.05, 4.69) is 5.32 Å². The predicted molar refractivity (Wildman–Crippen MR) is 93.6 cm³/mol. The first kappa shape index (κ1) is 19.8. The Labute approximate surface area is 150 Å². The summed E-state index contributed by atoms with van der Waals surface area (Å²) in [6.45, 7) is 3.49. The molecule has 0 saturated heterocycles. The average Bonchev–Trinajstić information content (AvgIpc) is 2.63. The molecular weight excluding hydrogens is 345 g/mol. The molecule has 140 valence electrons. The standard InChI is InChI=1S/C19H21F3N2O2/c1-2-10-24(11-12-26-14-6-4-3-5-7-14)13-17(25)23-16-9-8-15(20)18(21)19(16)22/h3-9H,2,10-13H2,1H3,(H,23,25). The summed E-state index contributed by atoms with van der Waals surface area (Å²) in [5.74, 6) is -4.09. The Morgan fingerprint density at radius 3 is 2.46 bits per heavy atom. The maximum atomic E-state index is 13.6. The summed E-state index contributed by atoms with van der Waals surface area (Å²) < 4.78 is 45.4. The van der Waals surface area contributed by atoms with Gasteiger partial charge in [0, 0.05) is 6.54 Å². The molecule has 0 bridgehead atoms. The monoisotopic (exact) mass is 366 g/mol. The van der Waals surface area contributed by atoms with Gasteiger partial charge in [-0.25, -0.2) is 13.2 Å². The van der Waals surface area contributed by atoms with Crippen molar-refractivity contribution >= 4 is 11.6 Å². The minimum atomic E-state index is -1.61. The highest BCUT2D eigenvalue weighted by Gasteiger charge is 2.16. The maximum Gasteiger partial charge on any atom is 0.238 e. The van der Waals surface area contributed by atoms with Gasteiger partial charge in [-0.15, -0.1) is 0 Å². The van der Waals surface area contributed by atoms with Gasteiger partial charge in [-0.2, -0.15) is 0 Å². The second-order valence-electron chi connectivity index (χ2n) is 5.71. The van der Waals surface area contributed by atoms with E-state index in [0.717, 1.165) is 24.3 Å². The summed E-state index contributed by atoms with van der Waals surface area (Å²) in [5.41, 5.74) is -0.383. The lowest BCUT2D eigenvalue weighted by atomic mass is 10.2. The normalized spacial score (nSPS) is 10.8. The molecule has 0 radical (unpaired) electrons. The maximum absolute atomic E-state index is 13.6. The Kier molecular flexibility index (Phi) is 7.47. The van der Waals surface area contributed by atoms with Gasteiger partial charge in [0.2, 0.25) is 5.91 Å². The Bertz CT molecular complexity index is 726. The molecule has 2 aromatic carbocycles. The molecule has 0 fully saturated rings. The van der Waals surface area contributed by atoms with Crippen LogP contribution in [0.1, 0.15) is 13.3 Å². The van der Waals surface area contributed by atoms with E-state index in [-0.39, 0.29) is 12.2 Å². The van der Waals surface area contributed by atoms with E-state index in [0.29, 0.717) is 19.7 Å². The topological polar surface area (TPSA) is 41.6 Å². The van der Waals surface area contributed by atoms with Crippen LogP contribution >= 0.6 is 0 Å². The quantitative estimate of drug-likeness (QED) is 0.686. The third-order valence-electron chi connectivity index (χ3n) is 3.64. The van der Waals surface area contributed by atoms with Crippen molar-refractivity contribution < 1.29 is 22.7 Å². The van der Waals surface area contributed by atoms with Crippen molar-refractivity contribution in [2.45, 2.75) is 13.3 Å². The van der Waals surface area contributed by atoms with Crippen molar-refractivity contribution in [3.63, 3.8) is 0 Å². The van der Waals surface area contributed by atoms with Crippen molar-refractivity contribution in [3.05, 3.63) is 59.9 Å². The minimum Gasteiger partial charge on any atom is -0.492 e. The lowest BCUT2D eigenvalue weighted by Crippen LogP contribution is -2.36. The number of rotatable bonds is 9. The van der Waals surface area contributed by atoms with E-state index in [1.807, 2.05) is 42.2 Å². The number of carbonyl (C=O) groups excluding carboxylic acids is 1. The van der Waals surface area contributed by atoms with Crippen LogP contribution in [0.3, 0.4) is 0 Å². The zero-order valence-corrected chi connectivity index (χ0v) is 14.5. The van der Waals surface area contributed by atoms with Crippen LogP contribution in [0.15, 0.2) is 42.5 Å². The minimum absolute atomic E-state index is 0.00950. The first-order chi connectivity index (χ1) is 12.5. The molecule has 7 heteroatoms. The molecule has 0 aromatic heterocycles. The highest BCUT2D eigenvalue weighted by Crippen LogP contribution is 2.19. The fourth-order valence-electron chi connectivity index (χ4n) is 2.41. The van der Waals surface area contributed by atoms with Crippen LogP contribution in [0.5, 0.6) is 5.75 Å². The SMILES string of the molecule is CCCN(CCOc1ccccc1)CC(=O)Nc1ccc(F)c(F)c1F. The molecule has 0 aliphatic rings. The summed E-state index contributed by atoms with van der Waals surface area (Å²) in [6, 6.07) is 11.1. The van der Waals surface area contributed by atoms with Crippen LogP contribution in [0.4, 0.5) is 18.9 Å². The largest absolute Gasteiger partial charge is 0.492 e. The van der Waals surface area contributed by atoms with Crippen LogP contribution in [0.2, 0.25) is 0 Å². The second-order valence-corrected chi connectivity index (χ2v) is 5.71. The molecule has 0 heterocycles. The number of benzene rings is 2. The third kappa shape index (κ3) is 5.77. The van der Waals surface area contributed by atoms with Crippen molar-refractivity contribution in [1.82, 2.24) is 4.90 Å². The van der Waals surface area contributed by atoms with Gasteiger partial charge in [0.25, 0.3) is 0 Å². The van der Waals surface area contributed by atoms with E-state index >= 15 is 0 Å². The first-order valence-corrected chi connectivity index (χ1v) is 8.34. The van der Waals surface area contributed by atoms with Gasteiger partial charge in [0.05, 0.1) is 12.2 Å². The van der Waals surface area contributed by atoms with Gasteiger partial charge >= 0.3 is 0 Å². The van der Waals surface area contributed by atoms with E-state index < -0.39 is 23.4 Å². The third-order valence-corrected chi connectivity index (χ3v) is 3.64. The second kappa shape index (κ2) is 9.82. The highest BCUT2D eigenvalue weighted by atomic mass is 19.2. The summed E-state index contributed by atoms with van der Waals surface area (Å²) in [7, 11) is 0. The smallest absolute Gasteiger partial charge is 0.238 e. The molecule has 2 aromatic rings. The molecule has 1 N–H and O–H groups in total. The van der Waals surface area contributed by atoms with E-state index in [1.54, 1.807) is 0 Å². The number of anilines is 1. The Morgan fingerprint density at radius 2 is 1.77 bits per heavy atom. The first-order valence-electron chi connectivity index (χ1n) is 8.34. The molecule has 0 unspecified atom stereocenters. The molecule has 0 atom stereocenters. The molecule has 2 rings (SSSR count). The summed E-state index contributed by atoms with van der Waals surface area (Å²) in [4.78, 5) is 13.9. The molecule has 0 aliphatic heterocycles. The molecule has 26 heavy (non-hydrogen) atoms. The Morgan fingerprint density at radius 1 is 1.04 bits per heavy atom. The van der Waals surface area contributed by atoms with Crippen LogP contribution in [0.25, 0.3) is 0 Å². The van der Waals surface area contributed by atoms with Crippen LogP contribution < -0.4 is 10.1 Å². The number of carbonyl (C=O) groups is 1. The van der Waals surface area contributed by atoms with Crippen LogP contribution in [0, 0.1) is 17.5 Å². The highest BCUT2D eigenvalue weighted by molar-refractivity contribution is 5.92. The molecular formula is C19H21F3N2O2. The molecule has 1 amide bonds. The zero-order valence-electron chi connectivity index (χ0n) is 14.5. The van der Waals surface area contributed by atoms with Crippen molar-refractivity contribution in [3.8, 4) is 5.75 Å². The fraction of sp³-hybridized carbons (Fsp3) is 0.316. The van der Waals surface area contributed by atoms with Crippen LogP contribution in [-0.4, -0.2) is 37.0 Å². The molecule has 0 aliphatic carbocycles. The van der Waals surface area contributed by atoms with Crippen molar-refractivity contribution in [2.24, 2.45) is 0 Å². The van der Waals surface area contributed by atoms with Gasteiger partial charge in [-0.05, 0) is 37.2 Å². The Hall–Kier alpha value is -2.54. The van der Waals surface area contributed by atoms with Gasteiger partial charge in [-0.3, -0.25) is 9.69 Å². The number of hydrogen-bond donors (Lipinski definition) is 1. The van der Waals surface area contributed by atoms with E-state index in [4.69, 9.17) is 4.74 Å². The van der Waals surface area contributed by atoms with Gasteiger partial charge in [0.15, 0.2) is 17.5 Å².